The largest absolute Gasteiger partial charge is 0.345 e. The lowest BCUT2D eigenvalue weighted by atomic mass is 9.96. The Morgan fingerprint density at radius 3 is 2.23 bits per heavy atom. The third-order valence-corrected chi connectivity index (χ3v) is 6.30. The number of nitrogens with one attached hydrogen (secondary N) is 2. The minimum Gasteiger partial charge on any atom is -0.345 e. The summed E-state index contributed by atoms with van der Waals surface area (Å²) >= 11 is 0. The SMILES string of the molecule is Cc1ccc(NS(=O)(=O)c2cccc(C(=O)N[C@H](CC(C)C)c3ccccc3)c2)cc1. The maximum absolute atomic E-state index is 13.0. The molecule has 0 aliphatic heterocycles. The van der Waals surface area contributed by atoms with Crippen molar-refractivity contribution in [2.45, 2.75) is 38.1 Å². The smallest absolute Gasteiger partial charge is 0.261 e. The maximum atomic E-state index is 13.0. The molecule has 0 aromatic heterocycles. The number of sulfonamides is 1. The number of aryl methyl sites for hydroxylation is 1. The Morgan fingerprint density at radius 1 is 0.903 bits per heavy atom. The minimum atomic E-state index is -3.81. The highest BCUT2D eigenvalue weighted by atomic mass is 32.2. The monoisotopic (exact) mass is 436 g/mol. The van der Waals surface area contributed by atoms with Crippen LogP contribution in [0.25, 0.3) is 0 Å². The van der Waals surface area contributed by atoms with Gasteiger partial charge in [-0.2, -0.15) is 0 Å². The third-order valence-electron chi connectivity index (χ3n) is 4.92. The highest BCUT2D eigenvalue weighted by Gasteiger charge is 2.20. The number of rotatable bonds is 8. The highest BCUT2D eigenvalue weighted by Crippen LogP contribution is 2.23. The predicted octanol–water partition coefficient (Wildman–Crippen LogP) is 5.31. The summed E-state index contributed by atoms with van der Waals surface area (Å²) in [4.78, 5) is 13.0. The molecule has 0 aliphatic carbocycles. The molecule has 0 aliphatic rings. The second-order valence-electron chi connectivity index (χ2n) is 8.07. The van der Waals surface area contributed by atoms with Gasteiger partial charge in [0.1, 0.15) is 0 Å². The number of benzene rings is 3. The average molecular weight is 437 g/mol. The number of carbonyl (C=O) groups excluding carboxylic acids is 1. The van der Waals surface area contributed by atoms with Gasteiger partial charge in [0.25, 0.3) is 15.9 Å². The summed E-state index contributed by atoms with van der Waals surface area (Å²) in [6, 6.07) is 22.8. The van der Waals surface area contributed by atoms with Crippen LogP contribution in [0.1, 0.15) is 47.8 Å². The van der Waals surface area contributed by atoms with Gasteiger partial charge in [0.2, 0.25) is 0 Å². The standard InChI is InChI=1S/C25H28N2O3S/c1-18(2)16-24(20-8-5-4-6-9-20)26-25(28)21-10-7-11-23(17-21)31(29,30)27-22-14-12-19(3)13-15-22/h4-15,17-18,24,27H,16H2,1-3H3,(H,26,28)/t24-/m1/s1. The van der Waals surface area contributed by atoms with Gasteiger partial charge in [0, 0.05) is 11.3 Å². The van der Waals surface area contributed by atoms with E-state index in [1.165, 1.54) is 12.1 Å². The molecule has 3 aromatic carbocycles. The number of carbonyl (C=O) groups is 1. The topological polar surface area (TPSA) is 75.3 Å². The molecular weight excluding hydrogens is 408 g/mol. The van der Waals surface area contributed by atoms with E-state index in [0.29, 0.717) is 17.2 Å². The maximum Gasteiger partial charge on any atom is 0.261 e. The van der Waals surface area contributed by atoms with Crippen LogP contribution in [0, 0.1) is 12.8 Å². The fraction of sp³-hybridized carbons (Fsp3) is 0.240. The average Bonchev–Trinajstić information content (AvgIpc) is 2.75. The third kappa shape index (κ3) is 6.18. The molecule has 0 fully saturated rings. The van der Waals surface area contributed by atoms with Crippen LogP contribution in [0.15, 0.2) is 83.8 Å². The minimum absolute atomic E-state index is 0.0424. The van der Waals surface area contributed by atoms with Crippen molar-refractivity contribution in [3.8, 4) is 0 Å². The first-order valence-corrected chi connectivity index (χ1v) is 11.8. The molecule has 2 N–H and O–H groups in total. The van der Waals surface area contributed by atoms with Crippen LogP contribution >= 0.6 is 0 Å². The first kappa shape index (κ1) is 22.6. The molecule has 5 nitrogen and oxygen atoms in total. The molecule has 6 heteroatoms. The van der Waals surface area contributed by atoms with Gasteiger partial charge in [-0.3, -0.25) is 9.52 Å². The second kappa shape index (κ2) is 9.79. The summed E-state index contributed by atoms with van der Waals surface area (Å²) in [7, 11) is -3.81. The van der Waals surface area contributed by atoms with Gasteiger partial charge < -0.3 is 5.32 Å². The molecule has 1 amide bonds. The van der Waals surface area contributed by atoms with Crippen LogP contribution < -0.4 is 10.0 Å². The fourth-order valence-electron chi connectivity index (χ4n) is 3.32. The summed E-state index contributed by atoms with van der Waals surface area (Å²) in [5.41, 5.74) is 2.84. The quantitative estimate of drug-likeness (QED) is 0.502. The Balaban J connectivity index is 1.80. The molecule has 0 saturated heterocycles. The lowest BCUT2D eigenvalue weighted by Crippen LogP contribution is -2.29. The van der Waals surface area contributed by atoms with Gasteiger partial charge in [0.05, 0.1) is 10.9 Å². The van der Waals surface area contributed by atoms with Crippen LogP contribution in [0.4, 0.5) is 5.69 Å². The lowest BCUT2D eigenvalue weighted by molar-refractivity contribution is 0.0931. The highest BCUT2D eigenvalue weighted by molar-refractivity contribution is 7.92. The zero-order valence-electron chi connectivity index (χ0n) is 18.0. The number of hydrogen-bond acceptors (Lipinski definition) is 3. The van der Waals surface area contributed by atoms with Crippen molar-refractivity contribution >= 4 is 21.6 Å². The molecule has 0 spiro atoms. The van der Waals surface area contributed by atoms with Gasteiger partial charge >= 0.3 is 0 Å². The molecule has 1 atom stereocenters. The Morgan fingerprint density at radius 2 is 1.58 bits per heavy atom. The van der Waals surface area contributed by atoms with Crippen molar-refractivity contribution in [2.75, 3.05) is 4.72 Å². The van der Waals surface area contributed by atoms with Crippen molar-refractivity contribution in [1.82, 2.24) is 5.32 Å². The molecule has 3 aromatic rings. The van der Waals surface area contributed by atoms with E-state index >= 15 is 0 Å². The molecule has 162 valence electrons. The summed E-state index contributed by atoms with van der Waals surface area (Å²) < 4.78 is 28.2. The molecule has 0 heterocycles. The van der Waals surface area contributed by atoms with E-state index < -0.39 is 10.0 Å². The summed E-state index contributed by atoms with van der Waals surface area (Å²) in [6.07, 6.45) is 0.780. The van der Waals surface area contributed by atoms with Gasteiger partial charge in [-0.1, -0.05) is 67.9 Å². The van der Waals surface area contributed by atoms with Crippen molar-refractivity contribution in [2.24, 2.45) is 5.92 Å². The second-order valence-corrected chi connectivity index (χ2v) is 9.75. The van der Waals surface area contributed by atoms with Crippen molar-refractivity contribution in [3.63, 3.8) is 0 Å². The van der Waals surface area contributed by atoms with E-state index in [-0.39, 0.29) is 16.8 Å². The molecular formula is C25H28N2O3S. The van der Waals surface area contributed by atoms with E-state index in [1.54, 1.807) is 24.3 Å². The summed E-state index contributed by atoms with van der Waals surface area (Å²) in [6.45, 7) is 6.14. The lowest BCUT2D eigenvalue weighted by Gasteiger charge is -2.21. The van der Waals surface area contributed by atoms with E-state index in [1.807, 2.05) is 49.4 Å². The van der Waals surface area contributed by atoms with Gasteiger partial charge in [-0.05, 0) is 55.2 Å². The Hall–Kier alpha value is -3.12. The van der Waals surface area contributed by atoms with E-state index in [0.717, 1.165) is 17.5 Å². The van der Waals surface area contributed by atoms with Crippen molar-refractivity contribution in [1.29, 1.82) is 0 Å². The molecule has 0 bridgehead atoms. The van der Waals surface area contributed by atoms with Crippen LogP contribution in [0.2, 0.25) is 0 Å². The number of hydrogen-bond donors (Lipinski definition) is 2. The number of anilines is 1. The van der Waals surface area contributed by atoms with Crippen LogP contribution in [0.5, 0.6) is 0 Å². The first-order valence-electron chi connectivity index (χ1n) is 10.3. The van der Waals surface area contributed by atoms with Crippen LogP contribution in [-0.2, 0) is 10.0 Å². The normalized spacial score (nSPS) is 12.4. The molecule has 0 saturated carbocycles. The van der Waals surface area contributed by atoms with Gasteiger partial charge in [-0.25, -0.2) is 8.42 Å². The van der Waals surface area contributed by atoms with E-state index in [4.69, 9.17) is 0 Å². The van der Waals surface area contributed by atoms with Crippen molar-refractivity contribution in [3.05, 3.63) is 95.6 Å². The molecule has 31 heavy (non-hydrogen) atoms. The summed E-state index contributed by atoms with van der Waals surface area (Å²) in [5, 5.41) is 3.06. The Labute approximate surface area is 184 Å². The van der Waals surface area contributed by atoms with Crippen molar-refractivity contribution < 1.29 is 13.2 Å². The Kier molecular flexibility index (Phi) is 7.13. The van der Waals surface area contributed by atoms with Crippen LogP contribution in [0.3, 0.4) is 0 Å². The van der Waals surface area contributed by atoms with Gasteiger partial charge in [0.15, 0.2) is 0 Å². The van der Waals surface area contributed by atoms with Crippen LogP contribution in [-0.4, -0.2) is 14.3 Å². The molecule has 0 radical (unpaired) electrons. The molecule has 3 rings (SSSR count). The van der Waals surface area contributed by atoms with Gasteiger partial charge in [-0.15, -0.1) is 0 Å². The van der Waals surface area contributed by atoms with E-state index in [2.05, 4.69) is 23.9 Å². The Bertz CT molecular complexity index is 1120. The number of amides is 1. The summed E-state index contributed by atoms with van der Waals surface area (Å²) in [5.74, 6) is 0.0813. The zero-order chi connectivity index (χ0) is 22.4. The molecule has 0 unspecified atom stereocenters. The fourth-order valence-corrected chi connectivity index (χ4v) is 4.42. The first-order chi connectivity index (χ1) is 14.7. The van der Waals surface area contributed by atoms with E-state index in [9.17, 15) is 13.2 Å². The zero-order valence-corrected chi connectivity index (χ0v) is 18.8. The predicted molar refractivity (Wildman–Crippen MR) is 125 cm³/mol.